The van der Waals surface area contributed by atoms with Gasteiger partial charge in [-0.05, 0) is 34.2 Å². The molecule has 0 saturated carbocycles. The van der Waals surface area contributed by atoms with Crippen molar-refractivity contribution in [3.63, 3.8) is 0 Å². The molecular weight excluding hydrogens is 261 g/mol. The second kappa shape index (κ2) is 4.94. The Morgan fingerprint density at radius 3 is 2.67 bits per heavy atom. The highest BCUT2D eigenvalue weighted by Gasteiger charge is 1.90. The minimum absolute atomic E-state index is 0.495. The fourth-order valence-corrected chi connectivity index (χ4v) is 1.39. The molecule has 0 fully saturated rings. The van der Waals surface area contributed by atoms with Gasteiger partial charge in [-0.25, -0.2) is 0 Å². The van der Waals surface area contributed by atoms with Crippen molar-refractivity contribution >= 4 is 28.7 Å². The van der Waals surface area contributed by atoms with Crippen LogP contribution in [0.5, 0.6) is 0 Å². The van der Waals surface area contributed by atoms with Crippen LogP contribution in [0.4, 0.5) is 0 Å². The molecule has 0 saturated heterocycles. The first-order valence-electron chi connectivity index (χ1n) is 3.61. The molecule has 0 N–H and O–H groups in total. The van der Waals surface area contributed by atoms with Crippen LogP contribution >= 0.6 is 22.6 Å². The molecule has 0 atom stereocenters. The first-order chi connectivity index (χ1) is 5.83. The summed E-state index contributed by atoms with van der Waals surface area (Å²) in [6.45, 7) is 0. The molecule has 12 heavy (non-hydrogen) atoms. The minimum Gasteiger partial charge on any atom is -0.198 e. The maximum absolute atomic E-state index is 8.42. The summed E-state index contributed by atoms with van der Waals surface area (Å²) in [6.07, 6.45) is 2.51. The van der Waals surface area contributed by atoms with Gasteiger partial charge in [0.2, 0.25) is 0 Å². The molecule has 0 aromatic heterocycles. The van der Waals surface area contributed by atoms with Crippen molar-refractivity contribution in [3.05, 3.63) is 39.5 Å². The van der Waals surface area contributed by atoms with E-state index < -0.39 is 0 Å². The SMILES string of the molecule is N#CC/C(I)=C\c1ccccc1. The largest absolute Gasteiger partial charge is 0.198 e. The van der Waals surface area contributed by atoms with Crippen molar-refractivity contribution in [1.82, 2.24) is 0 Å². The van der Waals surface area contributed by atoms with Gasteiger partial charge >= 0.3 is 0 Å². The summed E-state index contributed by atoms with van der Waals surface area (Å²) >= 11 is 2.18. The van der Waals surface area contributed by atoms with Crippen molar-refractivity contribution in [2.45, 2.75) is 6.42 Å². The number of nitrogens with zero attached hydrogens (tertiary/aromatic N) is 1. The summed E-state index contributed by atoms with van der Waals surface area (Å²) in [5, 5.41) is 8.42. The first-order valence-corrected chi connectivity index (χ1v) is 4.69. The van der Waals surface area contributed by atoms with Crippen LogP contribution in [0.1, 0.15) is 12.0 Å². The third-order valence-electron chi connectivity index (χ3n) is 1.37. The van der Waals surface area contributed by atoms with Gasteiger partial charge in [0.15, 0.2) is 0 Å². The molecule has 60 valence electrons. The molecule has 0 aliphatic carbocycles. The van der Waals surface area contributed by atoms with Gasteiger partial charge in [-0.1, -0.05) is 30.3 Å². The lowest BCUT2D eigenvalue weighted by atomic mass is 10.2. The monoisotopic (exact) mass is 269 g/mol. The fourth-order valence-electron chi connectivity index (χ4n) is 0.857. The van der Waals surface area contributed by atoms with E-state index in [1.807, 2.05) is 36.4 Å². The van der Waals surface area contributed by atoms with E-state index in [0.717, 1.165) is 9.14 Å². The van der Waals surface area contributed by atoms with Crippen LogP contribution in [0.25, 0.3) is 6.08 Å². The Hall–Kier alpha value is -0.820. The number of hydrogen-bond acceptors (Lipinski definition) is 1. The maximum Gasteiger partial charge on any atom is 0.0674 e. The molecule has 1 aromatic rings. The van der Waals surface area contributed by atoms with E-state index in [4.69, 9.17) is 5.26 Å². The van der Waals surface area contributed by atoms with Gasteiger partial charge in [0.05, 0.1) is 12.5 Å². The minimum atomic E-state index is 0.495. The van der Waals surface area contributed by atoms with E-state index in [1.165, 1.54) is 0 Å². The third kappa shape index (κ3) is 3.05. The lowest BCUT2D eigenvalue weighted by Gasteiger charge is -1.92. The number of halogens is 1. The highest BCUT2D eigenvalue weighted by molar-refractivity contribution is 14.1. The lowest BCUT2D eigenvalue weighted by molar-refractivity contribution is 1.35. The summed E-state index contributed by atoms with van der Waals surface area (Å²) in [6, 6.07) is 12.1. The quantitative estimate of drug-likeness (QED) is 0.755. The molecule has 0 bridgehead atoms. The van der Waals surface area contributed by atoms with Gasteiger partial charge in [-0.3, -0.25) is 0 Å². The van der Waals surface area contributed by atoms with Crippen molar-refractivity contribution in [2.75, 3.05) is 0 Å². The summed E-state index contributed by atoms with van der Waals surface area (Å²) in [5.41, 5.74) is 1.15. The fraction of sp³-hybridized carbons (Fsp3) is 0.100. The van der Waals surface area contributed by atoms with E-state index >= 15 is 0 Å². The molecule has 0 radical (unpaired) electrons. The molecule has 0 unspecified atom stereocenters. The average Bonchev–Trinajstić information content (AvgIpc) is 2.06. The topological polar surface area (TPSA) is 23.8 Å². The van der Waals surface area contributed by atoms with E-state index in [-0.39, 0.29) is 0 Å². The molecule has 0 aliphatic heterocycles. The molecule has 1 nitrogen and oxygen atoms in total. The summed E-state index contributed by atoms with van der Waals surface area (Å²) < 4.78 is 1.07. The molecule has 1 rings (SSSR count). The predicted molar refractivity (Wildman–Crippen MR) is 58.7 cm³/mol. The number of rotatable bonds is 2. The van der Waals surface area contributed by atoms with Gasteiger partial charge in [0, 0.05) is 3.58 Å². The zero-order valence-electron chi connectivity index (χ0n) is 6.50. The van der Waals surface area contributed by atoms with Gasteiger partial charge in [-0.15, -0.1) is 0 Å². The van der Waals surface area contributed by atoms with Gasteiger partial charge in [-0.2, -0.15) is 5.26 Å². The Labute approximate surface area is 85.9 Å². The van der Waals surface area contributed by atoms with Crippen LogP contribution in [-0.4, -0.2) is 0 Å². The van der Waals surface area contributed by atoms with Crippen LogP contribution in [-0.2, 0) is 0 Å². The van der Waals surface area contributed by atoms with Crippen LogP contribution in [0.15, 0.2) is 33.9 Å². The highest BCUT2D eigenvalue weighted by atomic mass is 127. The standard InChI is InChI=1S/C10H8IN/c11-10(6-7-12)8-9-4-2-1-3-5-9/h1-5,8H,6H2/b10-8+. The van der Waals surface area contributed by atoms with Crippen molar-refractivity contribution in [3.8, 4) is 6.07 Å². The molecule has 0 spiro atoms. The molecule has 1 aromatic carbocycles. The first kappa shape index (κ1) is 9.27. The molecule has 0 amide bonds. The van der Waals surface area contributed by atoms with Crippen molar-refractivity contribution in [2.24, 2.45) is 0 Å². The van der Waals surface area contributed by atoms with Crippen LogP contribution in [0, 0.1) is 11.3 Å². The second-order valence-electron chi connectivity index (χ2n) is 2.34. The predicted octanol–water partition coefficient (Wildman–Crippen LogP) is 3.38. The normalized spacial score (nSPS) is 10.8. The Morgan fingerprint density at radius 1 is 1.42 bits per heavy atom. The Bertz CT molecular complexity index is 308. The van der Waals surface area contributed by atoms with E-state index in [2.05, 4.69) is 28.7 Å². The number of allylic oxidation sites excluding steroid dienone is 1. The zero-order chi connectivity index (χ0) is 8.81. The number of nitriles is 1. The molecule has 2 heteroatoms. The lowest BCUT2D eigenvalue weighted by Crippen LogP contribution is -1.71. The maximum atomic E-state index is 8.42. The number of hydrogen-bond donors (Lipinski definition) is 0. The molecule has 0 heterocycles. The van der Waals surface area contributed by atoms with Gasteiger partial charge in [0.1, 0.15) is 0 Å². The molecular formula is C10H8IN. The summed E-state index contributed by atoms with van der Waals surface area (Å²) in [7, 11) is 0. The Balaban J connectivity index is 2.76. The average molecular weight is 269 g/mol. The molecule has 0 aliphatic rings. The van der Waals surface area contributed by atoms with Crippen molar-refractivity contribution < 1.29 is 0 Å². The highest BCUT2D eigenvalue weighted by Crippen LogP contribution is 2.15. The smallest absolute Gasteiger partial charge is 0.0674 e. The third-order valence-corrected chi connectivity index (χ3v) is 2.06. The van der Waals surface area contributed by atoms with Crippen LogP contribution in [0.3, 0.4) is 0 Å². The number of benzene rings is 1. The van der Waals surface area contributed by atoms with Crippen molar-refractivity contribution in [1.29, 1.82) is 5.26 Å². The second-order valence-corrected chi connectivity index (χ2v) is 3.72. The van der Waals surface area contributed by atoms with Crippen LogP contribution < -0.4 is 0 Å². The Kier molecular flexibility index (Phi) is 3.81. The summed E-state index contributed by atoms with van der Waals surface area (Å²) in [4.78, 5) is 0. The van der Waals surface area contributed by atoms with Gasteiger partial charge < -0.3 is 0 Å². The Morgan fingerprint density at radius 2 is 2.08 bits per heavy atom. The van der Waals surface area contributed by atoms with Crippen LogP contribution in [0.2, 0.25) is 0 Å². The van der Waals surface area contributed by atoms with E-state index in [0.29, 0.717) is 6.42 Å². The van der Waals surface area contributed by atoms with E-state index in [1.54, 1.807) is 0 Å². The van der Waals surface area contributed by atoms with Gasteiger partial charge in [0.25, 0.3) is 0 Å². The summed E-state index contributed by atoms with van der Waals surface area (Å²) in [5.74, 6) is 0. The zero-order valence-corrected chi connectivity index (χ0v) is 8.65. The van der Waals surface area contributed by atoms with E-state index in [9.17, 15) is 0 Å².